The van der Waals surface area contributed by atoms with E-state index in [1.807, 2.05) is 42.8 Å². The van der Waals surface area contributed by atoms with Gasteiger partial charge in [0.1, 0.15) is 0 Å². The zero-order valence-electron chi connectivity index (χ0n) is 16.5. The number of aromatic nitrogens is 4. The van der Waals surface area contributed by atoms with E-state index in [0.717, 1.165) is 30.7 Å². The third-order valence-electron chi connectivity index (χ3n) is 4.52. The van der Waals surface area contributed by atoms with E-state index >= 15 is 0 Å². The summed E-state index contributed by atoms with van der Waals surface area (Å²) < 4.78 is 7.55. The Morgan fingerprint density at radius 3 is 2.54 bits per heavy atom. The van der Waals surface area contributed by atoms with Crippen LogP contribution in [0.25, 0.3) is 0 Å². The number of rotatable bonds is 10. The Bertz CT molecular complexity index is 885. The first-order valence-electron chi connectivity index (χ1n) is 9.73. The lowest BCUT2D eigenvalue weighted by Crippen LogP contribution is -2.28. The zero-order chi connectivity index (χ0) is 19.8. The molecule has 0 aliphatic rings. The highest BCUT2D eigenvalue weighted by molar-refractivity contribution is 5.75. The van der Waals surface area contributed by atoms with E-state index < -0.39 is 0 Å². The van der Waals surface area contributed by atoms with E-state index in [-0.39, 0.29) is 5.91 Å². The molecule has 0 fully saturated rings. The van der Waals surface area contributed by atoms with E-state index in [4.69, 9.17) is 4.42 Å². The molecule has 28 heavy (non-hydrogen) atoms. The number of nitrogens with zero attached hydrogens (tertiary/aromatic N) is 4. The molecule has 7 nitrogen and oxygen atoms in total. The molecule has 0 unspecified atom stereocenters. The number of benzene rings is 1. The maximum absolute atomic E-state index is 12.0. The molecule has 1 N–H and O–H groups in total. The molecule has 0 aliphatic carbocycles. The van der Waals surface area contributed by atoms with Crippen molar-refractivity contribution < 1.29 is 9.21 Å². The van der Waals surface area contributed by atoms with Gasteiger partial charge in [0.2, 0.25) is 17.7 Å². The van der Waals surface area contributed by atoms with Gasteiger partial charge in [-0.05, 0) is 38.3 Å². The lowest BCUT2D eigenvalue weighted by atomic mass is 10.1. The van der Waals surface area contributed by atoms with Gasteiger partial charge in [0, 0.05) is 31.5 Å². The molecule has 2 heterocycles. The molecule has 0 radical (unpaired) electrons. The summed E-state index contributed by atoms with van der Waals surface area (Å²) in [6.45, 7) is 5.18. The lowest BCUT2D eigenvalue weighted by molar-refractivity contribution is -0.121. The molecule has 0 atom stereocenters. The van der Waals surface area contributed by atoms with Gasteiger partial charge < -0.3 is 9.73 Å². The van der Waals surface area contributed by atoms with Crippen LogP contribution in [0, 0.1) is 13.8 Å². The van der Waals surface area contributed by atoms with Gasteiger partial charge in [0.25, 0.3) is 0 Å². The molecule has 0 saturated heterocycles. The standard InChI is InChI=1S/C21H27N5O2/c1-16-15-17(2)26(25-16)14-13-22-19(27)11-12-21-24-23-20(28-21)10-6-9-18-7-4-3-5-8-18/h3-5,7-8,15H,6,9-14H2,1-2H3,(H,22,27). The second-order valence-corrected chi connectivity index (χ2v) is 6.93. The van der Waals surface area contributed by atoms with E-state index in [2.05, 4.69) is 32.7 Å². The minimum atomic E-state index is -0.0228. The van der Waals surface area contributed by atoms with Crippen molar-refractivity contribution in [3.63, 3.8) is 0 Å². The second-order valence-electron chi connectivity index (χ2n) is 6.93. The number of hydrogen-bond acceptors (Lipinski definition) is 5. The predicted molar refractivity (Wildman–Crippen MR) is 106 cm³/mol. The van der Waals surface area contributed by atoms with Gasteiger partial charge in [-0.1, -0.05) is 30.3 Å². The first kappa shape index (κ1) is 19.8. The summed E-state index contributed by atoms with van der Waals surface area (Å²) in [4.78, 5) is 12.0. The molecular formula is C21H27N5O2. The van der Waals surface area contributed by atoms with Crippen LogP contribution in [0.15, 0.2) is 40.8 Å². The quantitative estimate of drug-likeness (QED) is 0.584. The minimum Gasteiger partial charge on any atom is -0.425 e. The fraction of sp³-hybridized carbons (Fsp3) is 0.429. The number of aryl methyl sites for hydroxylation is 5. The van der Waals surface area contributed by atoms with Crippen molar-refractivity contribution in [2.75, 3.05) is 6.54 Å². The van der Waals surface area contributed by atoms with Gasteiger partial charge in [-0.15, -0.1) is 10.2 Å². The molecule has 1 amide bonds. The van der Waals surface area contributed by atoms with Gasteiger partial charge in [0.05, 0.1) is 12.2 Å². The van der Waals surface area contributed by atoms with E-state index in [1.54, 1.807) is 0 Å². The third-order valence-corrected chi connectivity index (χ3v) is 4.52. The number of hydrogen-bond donors (Lipinski definition) is 1. The summed E-state index contributed by atoms with van der Waals surface area (Å²) in [6, 6.07) is 12.4. The number of amides is 1. The van der Waals surface area contributed by atoms with Gasteiger partial charge in [-0.25, -0.2) is 0 Å². The largest absolute Gasteiger partial charge is 0.425 e. The molecule has 3 rings (SSSR count). The fourth-order valence-electron chi connectivity index (χ4n) is 3.09. The summed E-state index contributed by atoms with van der Waals surface area (Å²) in [6.07, 6.45) is 3.48. The molecule has 0 saturated carbocycles. The SMILES string of the molecule is Cc1cc(C)n(CCNC(=O)CCc2nnc(CCCc3ccccc3)o2)n1. The van der Waals surface area contributed by atoms with Crippen LogP contribution >= 0.6 is 0 Å². The van der Waals surface area contributed by atoms with Crippen LogP contribution in [0.2, 0.25) is 0 Å². The minimum absolute atomic E-state index is 0.0228. The number of carbonyl (C=O) groups is 1. The van der Waals surface area contributed by atoms with Gasteiger partial charge in [-0.2, -0.15) is 5.10 Å². The average molecular weight is 381 g/mol. The molecule has 0 spiro atoms. The molecule has 1 aromatic carbocycles. The van der Waals surface area contributed by atoms with Crippen LogP contribution in [0.4, 0.5) is 0 Å². The van der Waals surface area contributed by atoms with Crippen LogP contribution in [0.5, 0.6) is 0 Å². The van der Waals surface area contributed by atoms with Crippen molar-refractivity contribution in [3.8, 4) is 0 Å². The van der Waals surface area contributed by atoms with E-state index in [0.29, 0.717) is 37.7 Å². The lowest BCUT2D eigenvalue weighted by Gasteiger charge is -2.06. The summed E-state index contributed by atoms with van der Waals surface area (Å²) in [5.74, 6) is 1.13. The maximum atomic E-state index is 12.0. The molecule has 7 heteroatoms. The van der Waals surface area contributed by atoms with Crippen LogP contribution in [-0.2, 0) is 30.6 Å². The van der Waals surface area contributed by atoms with E-state index in [9.17, 15) is 4.79 Å². The summed E-state index contributed by atoms with van der Waals surface area (Å²) in [7, 11) is 0. The van der Waals surface area contributed by atoms with Crippen LogP contribution in [0.3, 0.4) is 0 Å². The highest BCUT2D eigenvalue weighted by atomic mass is 16.4. The van der Waals surface area contributed by atoms with Gasteiger partial charge in [-0.3, -0.25) is 9.48 Å². The second kappa shape index (κ2) is 9.82. The third kappa shape index (κ3) is 6.04. The van der Waals surface area contributed by atoms with Crippen molar-refractivity contribution in [2.45, 2.75) is 52.5 Å². The highest BCUT2D eigenvalue weighted by Gasteiger charge is 2.09. The van der Waals surface area contributed by atoms with Crippen molar-refractivity contribution in [2.24, 2.45) is 0 Å². The summed E-state index contributed by atoms with van der Waals surface area (Å²) in [5, 5.41) is 15.4. The van der Waals surface area contributed by atoms with E-state index in [1.165, 1.54) is 5.56 Å². The molecular weight excluding hydrogens is 354 g/mol. The number of carbonyl (C=O) groups excluding carboxylic acids is 1. The van der Waals surface area contributed by atoms with Gasteiger partial charge in [0.15, 0.2) is 0 Å². The monoisotopic (exact) mass is 381 g/mol. The summed E-state index contributed by atoms with van der Waals surface area (Å²) >= 11 is 0. The van der Waals surface area contributed by atoms with Crippen LogP contribution < -0.4 is 5.32 Å². The first-order valence-corrected chi connectivity index (χ1v) is 9.73. The van der Waals surface area contributed by atoms with Crippen molar-refractivity contribution in [3.05, 3.63) is 65.1 Å². The fourth-order valence-corrected chi connectivity index (χ4v) is 3.09. The molecule has 148 valence electrons. The zero-order valence-corrected chi connectivity index (χ0v) is 16.5. The van der Waals surface area contributed by atoms with Crippen molar-refractivity contribution in [1.82, 2.24) is 25.3 Å². The number of nitrogens with one attached hydrogen (secondary N) is 1. The molecule has 0 bridgehead atoms. The Morgan fingerprint density at radius 1 is 1.07 bits per heavy atom. The van der Waals surface area contributed by atoms with Crippen LogP contribution in [-0.4, -0.2) is 32.4 Å². The summed E-state index contributed by atoms with van der Waals surface area (Å²) in [5.41, 5.74) is 3.39. The van der Waals surface area contributed by atoms with Crippen molar-refractivity contribution >= 4 is 5.91 Å². The normalized spacial score (nSPS) is 10.9. The van der Waals surface area contributed by atoms with Crippen LogP contribution in [0.1, 0.15) is 41.6 Å². The van der Waals surface area contributed by atoms with Gasteiger partial charge >= 0.3 is 0 Å². The molecule has 3 aromatic rings. The Morgan fingerprint density at radius 2 is 1.82 bits per heavy atom. The smallest absolute Gasteiger partial charge is 0.220 e. The maximum Gasteiger partial charge on any atom is 0.220 e. The Balaban J connectivity index is 1.33. The predicted octanol–water partition coefficient (Wildman–Crippen LogP) is 2.81. The Kier molecular flexibility index (Phi) is 6.94. The Labute approximate surface area is 165 Å². The molecule has 2 aromatic heterocycles. The molecule has 0 aliphatic heterocycles. The van der Waals surface area contributed by atoms with Crippen molar-refractivity contribution in [1.29, 1.82) is 0 Å². The topological polar surface area (TPSA) is 85.8 Å². The highest BCUT2D eigenvalue weighted by Crippen LogP contribution is 2.09. The average Bonchev–Trinajstić information content (AvgIpc) is 3.27. The first-order chi connectivity index (χ1) is 13.6. The Hall–Kier alpha value is -2.96.